The number of anilines is 1. The van der Waals surface area contributed by atoms with E-state index in [0.29, 0.717) is 60.8 Å². The molecule has 0 spiro atoms. The molecule has 0 aliphatic carbocycles. The molecule has 8 heteroatoms. The molecule has 35 heavy (non-hydrogen) atoms. The number of amides is 2. The summed E-state index contributed by atoms with van der Waals surface area (Å²) in [5, 5.41) is 3.01. The molecule has 2 aromatic carbocycles. The molecule has 0 bridgehead atoms. The number of nitrogens with zero attached hydrogens (tertiary/aromatic N) is 1. The Morgan fingerprint density at radius 3 is 2.11 bits per heavy atom. The van der Waals surface area contributed by atoms with Gasteiger partial charge in [-0.3, -0.25) is 14.3 Å². The quantitative estimate of drug-likeness (QED) is 0.562. The standard InChI is InChI=1S/C27H37N3O4S/c1-18(2)10-13-28-26(31)22-11-14-30(15-12-22)27(32)23-6-8-24(9-7-23)29-35(33,34)25-20(4)16-19(3)17-21(25)5/h6-9,16-18,22,29H,10-15H2,1-5H3,(H,28,31). The van der Waals surface area contributed by atoms with Gasteiger partial charge in [-0.15, -0.1) is 0 Å². The van der Waals surface area contributed by atoms with Crippen molar-refractivity contribution in [1.29, 1.82) is 0 Å². The highest BCUT2D eigenvalue weighted by Gasteiger charge is 2.28. The molecule has 3 rings (SSSR count). The van der Waals surface area contributed by atoms with Gasteiger partial charge in [-0.2, -0.15) is 0 Å². The normalized spacial score (nSPS) is 14.7. The summed E-state index contributed by atoms with van der Waals surface area (Å²) in [5.41, 5.74) is 3.29. The zero-order valence-corrected chi connectivity index (χ0v) is 22.2. The van der Waals surface area contributed by atoms with Crippen molar-refractivity contribution in [3.8, 4) is 0 Å². The molecule has 0 unspecified atom stereocenters. The first-order valence-corrected chi connectivity index (χ1v) is 13.7. The van der Waals surface area contributed by atoms with Crippen LogP contribution in [0.15, 0.2) is 41.3 Å². The van der Waals surface area contributed by atoms with Gasteiger partial charge in [-0.25, -0.2) is 8.42 Å². The van der Waals surface area contributed by atoms with Crippen molar-refractivity contribution in [3.63, 3.8) is 0 Å². The molecule has 0 saturated carbocycles. The van der Waals surface area contributed by atoms with Crippen LogP contribution in [0.3, 0.4) is 0 Å². The number of likely N-dealkylation sites (tertiary alicyclic amines) is 1. The van der Waals surface area contributed by atoms with E-state index in [0.717, 1.165) is 12.0 Å². The van der Waals surface area contributed by atoms with Crippen LogP contribution in [0.25, 0.3) is 0 Å². The number of nitrogens with one attached hydrogen (secondary N) is 2. The van der Waals surface area contributed by atoms with E-state index < -0.39 is 10.0 Å². The summed E-state index contributed by atoms with van der Waals surface area (Å²) in [7, 11) is -3.75. The van der Waals surface area contributed by atoms with E-state index in [9.17, 15) is 18.0 Å². The Hall–Kier alpha value is -2.87. The van der Waals surface area contributed by atoms with Gasteiger partial charge >= 0.3 is 0 Å². The van der Waals surface area contributed by atoms with Gasteiger partial charge < -0.3 is 10.2 Å². The highest BCUT2D eigenvalue weighted by atomic mass is 32.2. The lowest BCUT2D eigenvalue weighted by Gasteiger charge is -2.31. The molecular formula is C27H37N3O4S. The molecule has 1 aliphatic heterocycles. The molecule has 0 aromatic heterocycles. The zero-order chi connectivity index (χ0) is 25.8. The number of carbonyl (C=O) groups excluding carboxylic acids is 2. The lowest BCUT2D eigenvalue weighted by Crippen LogP contribution is -2.43. The van der Waals surface area contributed by atoms with Crippen LogP contribution in [0.4, 0.5) is 5.69 Å². The minimum Gasteiger partial charge on any atom is -0.356 e. The Morgan fingerprint density at radius 1 is 1.00 bits per heavy atom. The summed E-state index contributed by atoms with van der Waals surface area (Å²) in [4.78, 5) is 27.4. The van der Waals surface area contributed by atoms with Gasteiger partial charge in [0.05, 0.1) is 4.90 Å². The summed E-state index contributed by atoms with van der Waals surface area (Å²) in [5.74, 6) is 0.459. The Labute approximate surface area is 209 Å². The molecule has 1 fully saturated rings. The third kappa shape index (κ3) is 6.84. The van der Waals surface area contributed by atoms with Crippen molar-refractivity contribution < 1.29 is 18.0 Å². The molecule has 2 N–H and O–H groups in total. The van der Waals surface area contributed by atoms with E-state index in [2.05, 4.69) is 23.9 Å². The molecule has 7 nitrogen and oxygen atoms in total. The number of rotatable bonds is 8. The highest BCUT2D eigenvalue weighted by Crippen LogP contribution is 2.25. The molecule has 2 amide bonds. The van der Waals surface area contributed by atoms with Gasteiger partial charge in [-0.05, 0) is 81.3 Å². The smallest absolute Gasteiger partial charge is 0.262 e. The van der Waals surface area contributed by atoms with Gasteiger partial charge in [0, 0.05) is 36.8 Å². The monoisotopic (exact) mass is 499 g/mol. The van der Waals surface area contributed by atoms with Crippen molar-refractivity contribution in [1.82, 2.24) is 10.2 Å². The largest absolute Gasteiger partial charge is 0.356 e. The maximum Gasteiger partial charge on any atom is 0.262 e. The van der Waals surface area contributed by atoms with Gasteiger partial charge in [-0.1, -0.05) is 31.5 Å². The number of aryl methyl sites for hydroxylation is 3. The fraction of sp³-hybridized carbons (Fsp3) is 0.481. The maximum absolute atomic E-state index is 13.0. The summed E-state index contributed by atoms with van der Waals surface area (Å²) in [6.45, 7) is 11.5. The number of benzene rings is 2. The van der Waals surface area contributed by atoms with E-state index in [4.69, 9.17) is 0 Å². The maximum atomic E-state index is 13.0. The van der Waals surface area contributed by atoms with Gasteiger partial charge in [0.1, 0.15) is 0 Å². The molecule has 1 aliphatic rings. The van der Waals surface area contributed by atoms with Crippen molar-refractivity contribution in [2.45, 2.75) is 58.8 Å². The van der Waals surface area contributed by atoms with E-state index in [-0.39, 0.29) is 22.6 Å². The topological polar surface area (TPSA) is 95.6 Å². The SMILES string of the molecule is Cc1cc(C)c(S(=O)(=O)Nc2ccc(C(=O)N3CCC(C(=O)NCCC(C)C)CC3)cc2)c(C)c1. The lowest BCUT2D eigenvalue weighted by molar-refractivity contribution is -0.126. The van der Waals surface area contributed by atoms with Crippen molar-refractivity contribution >= 4 is 27.5 Å². The molecule has 190 valence electrons. The third-order valence-electron chi connectivity index (χ3n) is 6.43. The average Bonchev–Trinajstić information content (AvgIpc) is 2.77. The van der Waals surface area contributed by atoms with Crippen LogP contribution in [-0.2, 0) is 14.8 Å². The second kappa shape index (κ2) is 11.2. The third-order valence-corrected chi connectivity index (χ3v) is 8.12. The minimum absolute atomic E-state index is 0.0586. The number of piperidine rings is 1. The second-order valence-corrected chi connectivity index (χ2v) is 11.6. The number of hydrogen-bond donors (Lipinski definition) is 2. The van der Waals surface area contributed by atoms with E-state index in [1.54, 1.807) is 43.0 Å². The van der Waals surface area contributed by atoms with Crippen LogP contribution in [0.1, 0.15) is 60.2 Å². The first-order valence-electron chi connectivity index (χ1n) is 12.3. The molecule has 0 atom stereocenters. The van der Waals surface area contributed by atoms with Crippen LogP contribution in [0.5, 0.6) is 0 Å². The zero-order valence-electron chi connectivity index (χ0n) is 21.3. The lowest BCUT2D eigenvalue weighted by atomic mass is 9.95. The van der Waals surface area contributed by atoms with Crippen molar-refractivity contribution in [2.75, 3.05) is 24.4 Å². The summed E-state index contributed by atoms with van der Waals surface area (Å²) in [6, 6.07) is 10.2. The average molecular weight is 500 g/mol. The predicted octanol–water partition coefficient (Wildman–Crippen LogP) is 4.43. The summed E-state index contributed by atoms with van der Waals surface area (Å²) in [6.07, 6.45) is 2.25. The first-order chi connectivity index (χ1) is 16.5. The summed E-state index contributed by atoms with van der Waals surface area (Å²) < 4.78 is 28.6. The number of sulfonamides is 1. The number of hydrogen-bond acceptors (Lipinski definition) is 4. The van der Waals surface area contributed by atoms with Gasteiger partial charge in [0.25, 0.3) is 15.9 Å². The fourth-order valence-corrected chi connectivity index (χ4v) is 6.15. The van der Waals surface area contributed by atoms with Crippen molar-refractivity contribution in [3.05, 3.63) is 58.7 Å². The molecule has 2 aromatic rings. The van der Waals surface area contributed by atoms with Crippen LogP contribution in [0, 0.1) is 32.6 Å². The Morgan fingerprint density at radius 2 is 1.57 bits per heavy atom. The molecule has 1 heterocycles. The fourth-order valence-electron chi connectivity index (χ4n) is 4.63. The van der Waals surface area contributed by atoms with E-state index in [1.165, 1.54) is 0 Å². The van der Waals surface area contributed by atoms with E-state index in [1.807, 2.05) is 19.1 Å². The second-order valence-electron chi connectivity index (χ2n) is 9.95. The Bertz CT molecular complexity index is 1140. The Kier molecular flexibility index (Phi) is 8.59. The van der Waals surface area contributed by atoms with Crippen LogP contribution < -0.4 is 10.0 Å². The highest BCUT2D eigenvalue weighted by molar-refractivity contribution is 7.92. The van der Waals surface area contributed by atoms with Crippen LogP contribution >= 0.6 is 0 Å². The first kappa shape index (κ1) is 26.7. The summed E-state index contributed by atoms with van der Waals surface area (Å²) >= 11 is 0. The number of carbonyl (C=O) groups is 2. The van der Waals surface area contributed by atoms with Crippen molar-refractivity contribution in [2.24, 2.45) is 11.8 Å². The molecule has 1 saturated heterocycles. The molecular weight excluding hydrogens is 462 g/mol. The molecule has 0 radical (unpaired) electrons. The van der Waals surface area contributed by atoms with E-state index >= 15 is 0 Å². The van der Waals surface area contributed by atoms with Crippen LogP contribution in [-0.4, -0.2) is 44.8 Å². The van der Waals surface area contributed by atoms with Gasteiger partial charge in [0.15, 0.2) is 0 Å². The minimum atomic E-state index is -3.75. The Balaban J connectivity index is 1.58. The predicted molar refractivity (Wildman–Crippen MR) is 139 cm³/mol. The van der Waals surface area contributed by atoms with Crippen LogP contribution in [0.2, 0.25) is 0 Å². The van der Waals surface area contributed by atoms with Gasteiger partial charge in [0.2, 0.25) is 5.91 Å².